The average molecular weight is 245 g/mol. The summed E-state index contributed by atoms with van der Waals surface area (Å²) in [6, 6.07) is 6.05. The molecule has 2 N–H and O–H groups in total. The van der Waals surface area contributed by atoms with Gasteiger partial charge in [-0.05, 0) is 19.2 Å². The molecular weight excluding hydrogens is 226 g/mol. The first-order chi connectivity index (χ1) is 8.70. The molecular formula is C13H19N5. The summed E-state index contributed by atoms with van der Waals surface area (Å²) in [4.78, 5) is 6.57. The Morgan fingerprint density at radius 2 is 2.28 bits per heavy atom. The Balaban J connectivity index is 2.08. The van der Waals surface area contributed by atoms with Gasteiger partial charge in [-0.15, -0.1) is 0 Å². The van der Waals surface area contributed by atoms with Crippen LogP contribution in [0.25, 0.3) is 0 Å². The van der Waals surface area contributed by atoms with Crippen molar-refractivity contribution in [2.24, 2.45) is 12.8 Å². The molecule has 5 heteroatoms. The highest BCUT2D eigenvalue weighted by Gasteiger charge is 2.16. The number of nitrogens with zero attached hydrogens (tertiary/aromatic N) is 4. The summed E-state index contributed by atoms with van der Waals surface area (Å²) in [6.07, 6.45) is 5.70. The SMILES string of the molecule is CN(Cc1cnn(C)c1)C(CN)c1ccccn1. The van der Waals surface area contributed by atoms with Gasteiger partial charge in [-0.1, -0.05) is 6.07 Å². The van der Waals surface area contributed by atoms with Crippen LogP contribution in [0.3, 0.4) is 0 Å². The van der Waals surface area contributed by atoms with Crippen molar-refractivity contribution in [2.75, 3.05) is 13.6 Å². The maximum atomic E-state index is 5.86. The zero-order valence-electron chi connectivity index (χ0n) is 10.8. The maximum absolute atomic E-state index is 5.86. The second-order valence-electron chi connectivity index (χ2n) is 4.44. The van der Waals surface area contributed by atoms with E-state index in [0.29, 0.717) is 6.54 Å². The van der Waals surface area contributed by atoms with Gasteiger partial charge in [0.2, 0.25) is 0 Å². The standard InChI is InChI=1S/C13H19N5/c1-17(9-11-8-16-18(2)10-11)13(7-14)12-5-3-4-6-15-12/h3-6,8,10,13H,7,9,14H2,1-2H3. The number of likely N-dealkylation sites (N-methyl/N-ethyl adjacent to an activating group) is 1. The normalized spacial score (nSPS) is 12.9. The van der Waals surface area contributed by atoms with E-state index in [4.69, 9.17) is 5.73 Å². The second kappa shape index (κ2) is 5.75. The molecule has 0 aliphatic carbocycles. The lowest BCUT2D eigenvalue weighted by Crippen LogP contribution is -2.30. The molecule has 0 amide bonds. The van der Waals surface area contributed by atoms with E-state index in [2.05, 4.69) is 22.0 Å². The van der Waals surface area contributed by atoms with E-state index < -0.39 is 0 Å². The highest BCUT2D eigenvalue weighted by atomic mass is 15.2. The number of hydrogen-bond donors (Lipinski definition) is 1. The monoisotopic (exact) mass is 245 g/mol. The van der Waals surface area contributed by atoms with Crippen LogP contribution < -0.4 is 5.73 Å². The van der Waals surface area contributed by atoms with E-state index in [1.807, 2.05) is 37.6 Å². The van der Waals surface area contributed by atoms with Gasteiger partial charge in [0, 0.05) is 38.1 Å². The summed E-state index contributed by atoms with van der Waals surface area (Å²) in [6.45, 7) is 1.36. The zero-order chi connectivity index (χ0) is 13.0. The number of aryl methyl sites for hydroxylation is 1. The molecule has 0 saturated heterocycles. The maximum Gasteiger partial charge on any atom is 0.0644 e. The van der Waals surface area contributed by atoms with Crippen LogP contribution in [0.1, 0.15) is 17.3 Å². The highest BCUT2D eigenvalue weighted by Crippen LogP contribution is 2.17. The lowest BCUT2D eigenvalue weighted by molar-refractivity contribution is 0.237. The Labute approximate surface area is 107 Å². The second-order valence-corrected chi connectivity index (χ2v) is 4.44. The van der Waals surface area contributed by atoms with Gasteiger partial charge in [0.1, 0.15) is 0 Å². The van der Waals surface area contributed by atoms with Gasteiger partial charge < -0.3 is 5.73 Å². The fourth-order valence-electron chi connectivity index (χ4n) is 2.05. The number of pyridine rings is 1. The van der Waals surface area contributed by atoms with E-state index in [0.717, 1.165) is 12.2 Å². The van der Waals surface area contributed by atoms with Gasteiger partial charge in [0.25, 0.3) is 0 Å². The predicted octanol–water partition coefficient (Wildman–Crippen LogP) is 0.947. The van der Waals surface area contributed by atoms with Crippen molar-refractivity contribution in [3.8, 4) is 0 Å². The lowest BCUT2D eigenvalue weighted by Gasteiger charge is -2.25. The quantitative estimate of drug-likeness (QED) is 0.852. The molecule has 0 aromatic carbocycles. The van der Waals surface area contributed by atoms with Crippen LogP contribution in [0, 0.1) is 0 Å². The molecule has 1 unspecified atom stereocenters. The Morgan fingerprint density at radius 1 is 1.44 bits per heavy atom. The van der Waals surface area contributed by atoms with E-state index in [1.165, 1.54) is 5.56 Å². The molecule has 5 nitrogen and oxygen atoms in total. The first-order valence-electron chi connectivity index (χ1n) is 5.99. The van der Waals surface area contributed by atoms with Crippen LogP contribution in [0.2, 0.25) is 0 Å². The van der Waals surface area contributed by atoms with Crippen molar-refractivity contribution < 1.29 is 0 Å². The Hall–Kier alpha value is -1.72. The van der Waals surface area contributed by atoms with Gasteiger partial charge in [0.05, 0.1) is 17.9 Å². The smallest absolute Gasteiger partial charge is 0.0644 e. The summed E-state index contributed by atoms with van der Waals surface area (Å²) in [5.74, 6) is 0. The third kappa shape index (κ3) is 2.94. The summed E-state index contributed by atoms with van der Waals surface area (Å²) in [5.41, 5.74) is 8.04. The fraction of sp³-hybridized carbons (Fsp3) is 0.385. The van der Waals surface area contributed by atoms with E-state index in [9.17, 15) is 0 Å². The van der Waals surface area contributed by atoms with Gasteiger partial charge >= 0.3 is 0 Å². The van der Waals surface area contributed by atoms with Gasteiger partial charge in [-0.25, -0.2) is 0 Å². The van der Waals surface area contributed by atoms with Crippen LogP contribution in [0.4, 0.5) is 0 Å². The number of aromatic nitrogens is 3. The Bertz CT molecular complexity index is 479. The summed E-state index contributed by atoms with van der Waals surface area (Å²) in [5, 5.41) is 4.17. The Kier molecular flexibility index (Phi) is 4.07. The number of hydrogen-bond acceptors (Lipinski definition) is 4. The van der Waals surface area contributed by atoms with Gasteiger partial charge in [0.15, 0.2) is 0 Å². The molecule has 0 saturated carbocycles. The van der Waals surface area contributed by atoms with Crippen molar-refractivity contribution in [1.82, 2.24) is 19.7 Å². The molecule has 0 radical (unpaired) electrons. The largest absolute Gasteiger partial charge is 0.329 e. The van der Waals surface area contributed by atoms with Gasteiger partial charge in [-0.2, -0.15) is 5.10 Å². The number of nitrogens with two attached hydrogens (primary N) is 1. The topological polar surface area (TPSA) is 60.0 Å². The van der Waals surface area contributed by atoms with Crippen molar-refractivity contribution in [2.45, 2.75) is 12.6 Å². The first kappa shape index (κ1) is 12.7. The summed E-state index contributed by atoms with van der Waals surface area (Å²) >= 11 is 0. The van der Waals surface area contributed by atoms with Crippen molar-refractivity contribution in [1.29, 1.82) is 0 Å². The molecule has 1 atom stereocenters. The molecule has 0 aliphatic rings. The molecule has 2 heterocycles. The minimum Gasteiger partial charge on any atom is -0.329 e. The molecule has 2 aromatic rings. The molecule has 0 fully saturated rings. The lowest BCUT2D eigenvalue weighted by atomic mass is 10.1. The molecule has 2 aromatic heterocycles. The van der Waals surface area contributed by atoms with Gasteiger partial charge in [-0.3, -0.25) is 14.6 Å². The predicted molar refractivity (Wildman–Crippen MR) is 70.7 cm³/mol. The van der Waals surface area contributed by atoms with Crippen molar-refractivity contribution >= 4 is 0 Å². The molecule has 0 spiro atoms. The summed E-state index contributed by atoms with van der Waals surface area (Å²) in [7, 11) is 3.97. The van der Waals surface area contributed by atoms with Crippen molar-refractivity contribution in [3.05, 3.63) is 48.0 Å². The fourth-order valence-corrected chi connectivity index (χ4v) is 2.05. The average Bonchev–Trinajstić information content (AvgIpc) is 2.77. The first-order valence-corrected chi connectivity index (χ1v) is 5.99. The van der Waals surface area contributed by atoms with Crippen LogP contribution >= 0.6 is 0 Å². The van der Waals surface area contributed by atoms with E-state index in [-0.39, 0.29) is 6.04 Å². The molecule has 0 bridgehead atoms. The molecule has 96 valence electrons. The van der Waals surface area contributed by atoms with Crippen LogP contribution in [0.15, 0.2) is 36.8 Å². The van der Waals surface area contributed by atoms with Crippen LogP contribution in [0.5, 0.6) is 0 Å². The number of rotatable bonds is 5. The molecule has 0 aliphatic heterocycles. The molecule has 2 rings (SSSR count). The Morgan fingerprint density at radius 3 is 2.83 bits per heavy atom. The minimum atomic E-state index is 0.131. The highest BCUT2D eigenvalue weighted by molar-refractivity contribution is 5.11. The van der Waals surface area contributed by atoms with E-state index in [1.54, 1.807) is 10.9 Å². The third-order valence-corrected chi connectivity index (χ3v) is 2.97. The summed E-state index contributed by atoms with van der Waals surface area (Å²) < 4.78 is 1.81. The van der Waals surface area contributed by atoms with Crippen LogP contribution in [-0.4, -0.2) is 33.3 Å². The van der Waals surface area contributed by atoms with Crippen LogP contribution in [-0.2, 0) is 13.6 Å². The minimum absolute atomic E-state index is 0.131. The molecule has 18 heavy (non-hydrogen) atoms. The van der Waals surface area contributed by atoms with Crippen molar-refractivity contribution in [3.63, 3.8) is 0 Å². The van der Waals surface area contributed by atoms with E-state index >= 15 is 0 Å². The zero-order valence-corrected chi connectivity index (χ0v) is 10.8. The third-order valence-electron chi connectivity index (χ3n) is 2.97.